The van der Waals surface area contributed by atoms with Crippen LogP contribution in [0.3, 0.4) is 0 Å². The maximum absolute atomic E-state index is 12.6. The molecule has 2 rings (SSSR count). The van der Waals surface area contributed by atoms with E-state index in [1.54, 1.807) is 4.31 Å². The monoisotopic (exact) mass is 303 g/mol. The van der Waals surface area contributed by atoms with Gasteiger partial charge in [0.25, 0.3) is 0 Å². The van der Waals surface area contributed by atoms with Crippen molar-refractivity contribution in [3.8, 4) is 0 Å². The number of halogens is 1. The summed E-state index contributed by atoms with van der Waals surface area (Å²) < 4.78 is 26.7. The van der Waals surface area contributed by atoms with Crippen LogP contribution in [0.5, 0.6) is 0 Å². The zero-order chi connectivity index (χ0) is 13.9. The minimum absolute atomic E-state index is 0.0552. The van der Waals surface area contributed by atoms with Gasteiger partial charge in [0.05, 0.1) is 12.4 Å². The topological polar surface area (TPSA) is 63.2 Å². The van der Waals surface area contributed by atoms with Crippen molar-refractivity contribution in [1.29, 1.82) is 0 Å². The lowest BCUT2D eigenvalue weighted by molar-refractivity contribution is 0.261. The normalized spacial score (nSPS) is 17.8. The molecular formula is C12H18ClN3O2S. The minimum Gasteiger partial charge on any atom is -0.225 e. The molecule has 0 atom stereocenters. The predicted molar refractivity (Wildman–Crippen MR) is 73.5 cm³/mol. The van der Waals surface area contributed by atoms with Gasteiger partial charge in [-0.25, -0.2) is 18.4 Å². The van der Waals surface area contributed by atoms with Crippen LogP contribution in [0.1, 0.15) is 39.0 Å². The maximum atomic E-state index is 12.6. The molecule has 106 valence electrons. The molecule has 1 saturated carbocycles. The molecule has 0 bridgehead atoms. The molecular weight excluding hydrogens is 286 g/mol. The average molecular weight is 304 g/mol. The number of nitrogens with zero attached hydrogens (tertiary/aromatic N) is 3. The smallest absolute Gasteiger partial charge is 0.225 e. The molecule has 1 fully saturated rings. The van der Waals surface area contributed by atoms with Crippen LogP contribution in [-0.4, -0.2) is 35.3 Å². The molecule has 0 unspecified atom stereocenters. The van der Waals surface area contributed by atoms with Crippen LogP contribution in [0.2, 0.25) is 5.28 Å². The van der Waals surface area contributed by atoms with E-state index in [0.29, 0.717) is 6.54 Å². The second-order valence-electron chi connectivity index (χ2n) is 4.69. The Morgan fingerprint density at radius 2 is 1.84 bits per heavy atom. The fourth-order valence-corrected chi connectivity index (χ4v) is 4.25. The van der Waals surface area contributed by atoms with Gasteiger partial charge in [0, 0.05) is 12.6 Å². The Balaban J connectivity index is 2.27. The number of sulfonamides is 1. The molecule has 5 nitrogen and oxygen atoms in total. The highest BCUT2D eigenvalue weighted by Gasteiger charge is 2.31. The van der Waals surface area contributed by atoms with Crippen molar-refractivity contribution in [1.82, 2.24) is 14.3 Å². The van der Waals surface area contributed by atoms with Crippen LogP contribution in [0, 0.1) is 0 Å². The van der Waals surface area contributed by atoms with Crippen LogP contribution < -0.4 is 0 Å². The van der Waals surface area contributed by atoms with Crippen LogP contribution >= 0.6 is 11.6 Å². The number of hydrogen-bond donors (Lipinski definition) is 0. The molecule has 7 heteroatoms. The Bertz CT molecular complexity index is 512. The predicted octanol–water partition coefficient (Wildman–Crippen LogP) is 2.47. The van der Waals surface area contributed by atoms with Gasteiger partial charge >= 0.3 is 0 Å². The first-order valence-corrected chi connectivity index (χ1v) is 8.37. The Kier molecular flexibility index (Phi) is 4.76. The lowest BCUT2D eigenvalue weighted by Gasteiger charge is -2.32. The Labute approximate surface area is 119 Å². The molecule has 19 heavy (non-hydrogen) atoms. The molecule has 0 spiro atoms. The molecule has 0 saturated heterocycles. The largest absolute Gasteiger partial charge is 0.246 e. The van der Waals surface area contributed by atoms with E-state index in [0.717, 1.165) is 25.7 Å². The van der Waals surface area contributed by atoms with Gasteiger partial charge in [0.15, 0.2) is 0 Å². The molecule has 0 aliphatic heterocycles. The van der Waals surface area contributed by atoms with Gasteiger partial charge in [-0.2, -0.15) is 4.31 Å². The van der Waals surface area contributed by atoms with E-state index in [1.165, 1.54) is 18.8 Å². The summed E-state index contributed by atoms with van der Waals surface area (Å²) in [4.78, 5) is 7.63. The lowest BCUT2D eigenvalue weighted by atomic mass is 9.95. The summed E-state index contributed by atoms with van der Waals surface area (Å²) in [5.41, 5.74) is 0. The van der Waals surface area contributed by atoms with E-state index in [-0.39, 0.29) is 16.2 Å². The summed E-state index contributed by atoms with van der Waals surface area (Å²) in [7, 11) is -3.52. The van der Waals surface area contributed by atoms with Crippen molar-refractivity contribution in [2.24, 2.45) is 0 Å². The first kappa shape index (κ1) is 14.7. The summed E-state index contributed by atoms with van der Waals surface area (Å²) in [5, 5.41) is 0.0552. The summed E-state index contributed by atoms with van der Waals surface area (Å²) in [6.45, 7) is 2.33. The Morgan fingerprint density at radius 3 is 2.37 bits per heavy atom. The van der Waals surface area contributed by atoms with Gasteiger partial charge in [-0.15, -0.1) is 0 Å². The van der Waals surface area contributed by atoms with E-state index in [2.05, 4.69) is 9.97 Å². The highest BCUT2D eigenvalue weighted by atomic mass is 35.5. The standard InChI is InChI=1S/C12H18ClN3O2S/c1-2-16(10-6-4-3-5-7-10)19(17,18)11-8-14-12(13)15-9-11/h8-10H,2-7H2,1H3. The van der Waals surface area contributed by atoms with Gasteiger partial charge in [-0.05, 0) is 24.4 Å². The molecule has 0 amide bonds. The van der Waals surface area contributed by atoms with Gasteiger partial charge in [-0.3, -0.25) is 0 Å². The second kappa shape index (κ2) is 6.15. The Hall–Kier alpha value is -0.720. The van der Waals surface area contributed by atoms with Crippen molar-refractivity contribution >= 4 is 21.6 Å². The van der Waals surface area contributed by atoms with Crippen molar-refractivity contribution in [2.75, 3.05) is 6.54 Å². The third-order valence-corrected chi connectivity index (χ3v) is 5.67. The van der Waals surface area contributed by atoms with E-state index in [1.807, 2.05) is 6.92 Å². The molecule has 0 aromatic carbocycles. The van der Waals surface area contributed by atoms with E-state index < -0.39 is 10.0 Å². The third-order valence-electron chi connectivity index (χ3n) is 3.50. The maximum Gasteiger partial charge on any atom is 0.246 e. The highest BCUT2D eigenvalue weighted by Crippen LogP contribution is 2.27. The quantitative estimate of drug-likeness (QED) is 0.802. The van der Waals surface area contributed by atoms with Crippen LogP contribution in [0.25, 0.3) is 0 Å². The fraction of sp³-hybridized carbons (Fsp3) is 0.667. The minimum atomic E-state index is -3.52. The molecule has 0 N–H and O–H groups in total. The fourth-order valence-electron chi connectivity index (χ4n) is 2.56. The summed E-state index contributed by atoms with van der Waals surface area (Å²) in [6, 6.07) is 0.0967. The van der Waals surface area contributed by atoms with Crippen LogP contribution in [-0.2, 0) is 10.0 Å². The Morgan fingerprint density at radius 1 is 1.26 bits per heavy atom. The van der Waals surface area contributed by atoms with Gasteiger partial charge in [-0.1, -0.05) is 26.2 Å². The SMILES string of the molecule is CCN(C1CCCCC1)S(=O)(=O)c1cnc(Cl)nc1. The first-order valence-electron chi connectivity index (χ1n) is 6.55. The van der Waals surface area contributed by atoms with Crippen LogP contribution in [0.15, 0.2) is 17.3 Å². The number of aromatic nitrogens is 2. The number of hydrogen-bond acceptors (Lipinski definition) is 4. The average Bonchev–Trinajstić information content (AvgIpc) is 2.41. The van der Waals surface area contributed by atoms with Crippen molar-refractivity contribution in [3.63, 3.8) is 0 Å². The molecule has 1 aromatic rings. The zero-order valence-corrected chi connectivity index (χ0v) is 12.5. The molecule has 1 heterocycles. The van der Waals surface area contributed by atoms with Gasteiger partial charge in [0.2, 0.25) is 15.3 Å². The summed E-state index contributed by atoms with van der Waals surface area (Å²) >= 11 is 5.59. The van der Waals surface area contributed by atoms with Crippen LogP contribution in [0.4, 0.5) is 0 Å². The van der Waals surface area contributed by atoms with E-state index in [9.17, 15) is 8.42 Å². The van der Waals surface area contributed by atoms with E-state index >= 15 is 0 Å². The zero-order valence-electron chi connectivity index (χ0n) is 10.9. The van der Waals surface area contributed by atoms with Gasteiger partial charge < -0.3 is 0 Å². The summed E-state index contributed by atoms with van der Waals surface area (Å²) in [6.07, 6.45) is 7.79. The second-order valence-corrected chi connectivity index (χ2v) is 6.92. The van der Waals surface area contributed by atoms with Gasteiger partial charge in [0.1, 0.15) is 4.90 Å². The van der Waals surface area contributed by atoms with Crippen molar-refractivity contribution < 1.29 is 8.42 Å². The lowest BCUT2D eigenvalue weighted by Crippen LogP contribution is -2.41. The molecule has 1 aliphatic carbocycles. The first-order chi connectivity index (χ1) is 9.05. The molecule has 1 aromatic heterocycles. The highest BCUT2D eigenvalue weighted by molar-refractivity contribution is 7.89. The summed E-state index contributed by atoms with van der Waals surface area (Å²) in [5.74, 6) is 0. The van der Waals surface area contributed by atoms with Crippen molar-refractivity contribution in [3.05, 3.63) is 17.7 Å². The third kappa shape index (κ3) is 3.24. The van der Waals surface area contributed by atoms with E-state index in [4.69, 9.17) is 11.6 Å². The molecule has 0 radical (unpaired) electrons. The molecule has 1 aliphatic rings. The van der Waals surface area contributed by atoms with Crippen molar-refractivity contribution in [2.45, 2.75) is 50.0 Å². The number of rotatable bonds is 4.